The van der Waals surface area contributed by atoms with Gasteiger partial charge in [-0.2, -0.15) is 0 Å². The van der Waals surface area contributed by atoms with E-state index in [9.17, 15) is 14.7 Å². The zero-order valence-corrected chi connectivity index (χ0v) is 11.8. The highest BCUT2D eigenvalue weighted by atomic mass is 16.4. The summed E-state index contributed by atoms with van der Waals surface area (Å²) < 4.78 is 0. The van der Waals surface area contributed by atoms with E-state index >= 15 is 0 Å². The number of hydrogen-bond donors (Lipinski definition) is 3. The summed E-state index contributed by atoms with van der Waals surface area (Å²) in [5.74, 6) is -0.775. The summed E-state index contributed by atoms with van der Waals surface area (Å²) in [6.45, 7) is 2.94. The lowest BCUT2D eigenvalue weighted by atomic mass is 9.80. The minimum Gasteiger partial charge on any atom is -0.481 e. The zero-order chi connectivity index (χ0) is 14.1. The molecule has 0 aromatic carbocycles. The average molecular weight is 270 g/mol. The fraction of sp³-hybridized carbons (Fsp3) is 0.857. The summed E-state index contributed by atoms with van der Waals surface area (Å²) in [6.07, 6.45) is 7.36. The number of carbonyl (C=O) groups excluding carboxylic acids is 1. The molecule has 5 heteroatoms. The van der Waals surface area contributed by atoms with Crippen molar-refractivity contribution >= 4 is 12.0 Å². The van der Waals surface area contributed by atoms with Gasteiger partial charge in [-0.1, -0.05) is 39.0 Å². The summed E-state index contributed by atoms with van der Waals surface area (Å²) in [6, 6.07) is -0.252. The topological polar surface area (TPSA) is 78.4 Å². The summed E-state index contributed by atoms with van der Waals surface area (Å²) in [5, 5.41) is 15.0. The van der Waals surface area contributed by atoms with Crippen molar-refractivity contribution in [3.05, 3.63) is 0 Å². The third-order valence-corrected chi connectivity index (χ3v) is 3.92. The van der Waals surface area contributed by atoms with Crippen molar-refractivity contribution in [2.24, 2.45) is 5.41 Å². The van der Waals surface area contributed by atoms with Gasteiger partial charge in [0.1, 0.15) is 0 Å². The van der Waals surface area contributed by atoms with Gasteiger partial charge in [0.25, 0.3) is 0 Å². The Kier molecular flexibility index (Phi) is 6.67. The quantitative estimate of drug-likeness (QED) is 0.512. The Bertz CT molecular complexity index is 297. The highest BCUT2D eigenvalue weighted by molar-refractivity contribution is 5.78. The molecule has 0 aromatic heterocycles. The van der Waals surface area contributed by atoms with Crippen LogP contribution in [-0.4, -0.2) is 30.2 Å². The third-order valence-electron chi connectivity index (χ3n) is 3.92. The number of nitrogens with one attached hydrogen (secondary N) is 2. The predicted octanol–water partition coefficient (Wildman–Crippen LogP) is 2.51. The standard InChI is InChI=1S/C14H26N2O3/c1-2-3-10-15-13(19)16-11-14(12(17)18)8-6-4-5-7-9-14/h2-11H2,1H3,(H,17,18)(H2,15,16,19). The number of amides is 2. The predicted molar refractivity (Wildman–Crippen MR) is 74.1 cm³/mol. The van der Waals surface area contributed by atoms with E-state index in [0.29, 0.717) is 19.4 Å². The van der Waals surface area contributed by atoms with Gasteiger partial charge in [-0.05, 0) is 19.3 Å². The lowest BCUT2D eigenvalue weighted by Gasteiger charge is -2.28. The first-order chi connectivity index (χ1) is 9.10. The van der Waals surface area contributed by atoms with Crippen LogP contribution in [0.2, 0.25) is 0 Å². The number of carboxylic acid groups (broad SMARTS) is 1. The monoisotopic (exact) mass is 270 g/mol. The Morgan fingerprint density at radius 2 is 1.74 bits per heavy atom. The molecule has 1 saturated carbocycles. The van der Waals surface area contributed by atoms with Gasteiger partial charge in [0.05, 0.1) is 5.41 Å². The van der Waals surface area contributed by atoms with Gasteiger partial charge in [0.15, 0.2) is 0 Å². The Hall–Kier alpha value is -1.26. The van der Waals surface area contributed by atoms with E-state index in [1.165, 1.54) is 0 Å². The molecule has 1 aliphatic rings. The molecule has 0 unspecified atom stereocenters. The van der Waals surface area contributed by atoms with E-state index in [0.717, 1.165) is 38.5 Å². The minimum atomic E-state index is -0.775. The Morgan fingerprint density at radius 3 is 2.26 bits per heavy atom. The second kappa shape index (κ2) is 8.02. The molecule has 0 saturated heterocycles. The molecule has 0 spiro atoms. The fourth-order valence-electron chi connectivity index (χ4n) is 2.56. The van der Waals surface area contributed by atoms with E-state index in [4.69, 9.17) is 0 Å². The third kappa shape index (κ3) is 5.09. The van der Waals surface area contributed by atoms with E-state index in [1.54, 1.807) is 0 Å². The van der Waals surface area contributed by atoms with Crippen molar-refractivity contribution in [2.75, 3.05) is 13.1 Å². The number of aliphatic carboxylic acids is 1. The number of carbonyl (C=O) groups is 2. The summed E-state index contributed by atoms with van der Waals surface area (Å²) in [7, 11) is 0. The number of urea groups is 1. The molecule has 1 fully saturated rings. The maximum atomic E-state index is 11.6. The molecule has 0 aliphatic heterocycles. The molecule has 1 aliphatic carbocycles. The second-order valence-electron chi connectivity index (χ2n) is 5.46. The van der Waals surface area contributed by atoms with Crippen LogP contribution in [0.1, 0.15) is 58.3 Å². The van der Waals surface area contributed by atoms with Crippen LogP contribution in [0.25, 0.3) is 0 Å². The molecule has 0 atom stereocenters. The molecule has 110 valence electrons. The van der Waals surface area contributed by atoms with Crippen LogP contribution in [0, 0.1) is 5.41 Å². The smallest absolute Gasteiger partial charge is 0.314 e. The Labute approximate surface area is 115 Å². The number of rotatable bonds is 6. The molecule has 2 amide bonds. The zero-order valence-electron chi connectivity index (χ0n) is 11.8. The minimum absolute atomic E-state index is 0.236. The summed E-state index contributed by atoms with van der Waals surface area (Å²) in [5.41, 5.74) is -0.765. The molecule has 0 radical (unpaired) electrons. The van der Waals surface area contributed by atoms with Crippen LogP contribution in [0.4, 0.5) is 4.79 Å². The summed E-state index contributed by atoms with van der Waals surface area (Å²) >= 11 is 0. The van der Waals surface area contributed by atoms with Gasteiger partial charge < -0.3 is 15.7 Å². The second-order valence-corrected chi connectivity index (χ2v) is 5.46. The summed E-state index contributed by atoms with van der Waals surface area (Å²) in [4.78, 5) is 23.1. The van der Waals surface area contributed by atoms with Crippen molar-refractivity contribution in [3.8, 4) is 0 Å². The molecule has 3 N–H and O–H groups in total. The van der Waals surface area contributed by atoms with Crippen LogP contribution in [0.15, 0.2) is 0 Å². The van der Waals surface area contributed by atoms with Crippen LogP contribution in [0.3, 0.4) is 0 Å². The average Bonchev–Trinajstić information content (AvgIpc) is 2.63. The van der Waals surface area contributed by atoms with Crippen molar-refractivity contribution in [1.29, 1.82) is 0 Å². The fourth-order valence-corrected chi connectivity index (χ4v) is 2.56. The first-order valence-electron chi connectivity index (χ1n) is 7.36. The van der Waals surface area contributed by atoms with Gasteiger partial charge in [-0.15, -0.1) is 0 Å². The number of unbranched alkanes of at least 4 members (excludes halogenated alkanes) is 1. The van der Waals surface area contributed by atoms with Crippen LogP contribution >= 0.6 is 0 Å². The first-order valence-corrected chi connectivity index (χ1v) is 7.36. The van der Waals surface area contributed by atoms with Crippen molar-refractivity contribution in [1.82, 2.24) is 10.6 Å². The maximum absolute atomic E-state index is 11.6. The number of hydrogen-bond acceptors (Lipinski definition) is 2. The molecular weight excluding hydrogens is 244 g/mol. The van der Waals surface area contributed by atoms with Gasteiger partial charge in [-0.25, -0.2) is 4.79 Å². The normalized spacial score (nSPS) is 18.4. The highest BCUT2D eigenvalue weighted by Crippen LogP contribution is 2.34. The van der Waals surface area contributed by atoms with Gasteiger partial charge >= 0.3 is 12.0 Å². The first kappa shape index (κ1) is 15.8. The van der Waals surface area contributed by atoms with Crippen molar-refractivity contribution in [3.63, 3.8) is 0 Å². The SMILES string of the molecule is CCCCNC(=O)NCC1(C(=O)O)CCCCCC1. The molecule has 0 aromatic rings. The molecule has 0 bridgehead atoms. The lowest BCUT2D eigenvalue weighted by Crippen LogP contribution is -2.46. The van der Waals surface area contributed by atoms with Gasteiger partial charge in [0, 0.05) is 13.1 Å². The van der Waals surface area contributed by atoms with Crippen molar-refractivity contribution in [2.45, 2.75) is 58.3 Å². The lowest BCUT2D eigenvalue weighted by molar-refractivity contribution is -0.149. The van der Waals surface area contributed by atoms with Crippen molar-refractivity contribution < 1.29 is 14.7 Å². The molecule has 0 heterocycles. The highest BCUT2D eigenvalue weighted by Gasteiger charge is 2.38. The molecule has 5 nitrogen and oxygen atoms in total. The van der Waals surface area contributed by atoms with E-state index in [2.05, 4.69) is 17.6 Å². The Morgan fingerprint density at radius 1 is 1.11 bits per heavy atom. The molecular formula is C14H26N2O3. The maximum Gasteiger partial charge on any atom is 0.314 e. The van der Waals surface area contributed by atoms with Crippen LogP contribution in [0.5, 0.6) is 0 Å². The Balaban J connectivity index is 2.45. The van der Waals surface area contributed by atoms with E-state index < -0.39 is 11.4 Å². The largest absolute Gasteiger partial charge is 0.481 e. The van der Waals surface area contributed by atoms with E-state index in [-0.39, 0.29) is 12.6 Å². The van der Waals surface area contributed by atoms with Gasteiger partial charge in [-0.3, -0.25) is 4.79 Å². The number of carboxylic acids is 1. The van der Waals surface area contributed by atoms with Crippen LogP contribution < -0.4 is 10.6 Å². The van der Waals surface area contributed by atoms with Gasteiger partial charge in [0.2, 0.25) is 0 Å². The molecule has 1 rings (SSSR count). The van der Waals surface area contributed by atoms with Crippen LogP contribution in [-0.2, 0) is 4.79 Å². The molecule has 19 heavy (non-hydrogen) atoms. The van der Waals surface area contributed by atoms with E-state index in [1.807, 2.05) is 0 Å².